The summed E-state index contributed by atoms with van der Waals surface area (Å²) in [6, 6.07) is -5.01. The molecule has 15 heteroatoms. The predicted octanol–water partition coefficient (Wildman–Crippen LogP) is -2.01. The van der Waals surface area contributed by atoms with E-state index in [2.05, 4.69) is 25.9 Å². The Bertz CT molecular complexity index is 951. The zero-order valence-corrected chi connectivity index (χ0v) is 20.7. The number of carboxylic acid groups (broad SMARTS) is 2. The maximum absolute atomic E-state index is 13.0. The van der Waals surface area contributed by atoms with Gasteiger partial charge in [0.2, 0.25) is 23.6 Å². The van der Waals surface area contributed by atoms with Gasteiger partial charge >= 0.3 is 11.9 Å². The molecule has 4 amide bonds. The number of primary amides is 1. The fourth-order valence-electron chi connectivity index (χ4n) is 3.31. The summed E-state index contributed by atoms with van der Waals surface area (Å²) in [5.41, 5.74) is 11.3. The molecule has 4 unspecified atom stereocenters. The van der Waals surface area contributed by atoms with Gasteiger partial charge in [0, 0.05) is 31.2 Å². The molecule has 4 atom stereocenters. The molecule has 1 rings (SSSR count). The lowest BCUT2D eigenvalue weighted by atomic mass is 10.0. The van der Waals surface area contributed by atoms with Crippen LogP contribution in [0.25, 0.3) is 0 Å². The molecular formula is C22H35N7O8. The molecule has 0 aliphatic heterocycles. The topological polar surface area (TPSA) is 260 Å². The molecule has 0 spiro atoms. The minimum absolute atomic E-state index is 0.0745. The number of H-pyrrole nitrogens is 1. The lowest BCUT2D eigenvalue weighted by Crippen LogP contribution is -2.57. The minimum atomic E-state index is -1.31. The molecule has 1 aromatic heterocycles. The number of carboxylic acids is 2. The Morgan fingerprint density at radius 2 is 1.51 bits per heavy atom. The first-order valence-electron chi connectivity index (χ1n) is 11.7. The highest BCUT2D eigenvalue weighted by atomic mass is 16.4. The standard InChI is InChI=1S/C22H35N7O8/c1-11(2)7-15(21(35)29-16(22(36)37)8-12-9-25-10-26-12)28-20(34)14(4-5-17(24)30)27-19(33)13(23)3-6-18(31)32/h9-11,13-16H,3-8,23H2,1-2H3,(H2,24,30)(H,25,26)(H,27,33)(H,28,34)(H,29,35)(H,31,32)(H,36,37). The number of rotatable bonds is 17. The number of nitrogens with two attached hydrogens (primary N) is 2. The number of aliphatic carboxylic acids is 2. The molecule has 0 aromatic carbocycles. The van der Waals surface area contributed by atoms with Gasteiger partial charge in [-0.25, -0.2) is 9.78 Å². The largest absolute Gasteiger partial charge is 0.481 e. The van der Waals surface area contributed by atoms with E-state index < -0.39 is 59.7 Å². The molecule has 0 saturated carbocycles. The van der Waals surface area contributed by atoms with Crippen molar-refractivity contribution in [1.29, 1.82) is 0 Å². The molecule has 0 bridgehead atoms. The van der Waals surface area contributed by atoms with Gasteiger partial charge in [-0.05, 0) is 25.2 Å². The summed E-state index contributed by atoms with van der Waals surface area (Å²) < 4.78 is 0. The van der Waals surface area contributed by atoms with Crippen LogP contribution >= 0.6 is 0 Å². The molecule has 1 heterocycles. The number of hydrogen-bond acceptors (Lipinski definition) is 8. The number of nitrogens with zero attached hydrogens (tertiary/aromatic N) is 1. The highest BCUT2D eigenvalue weighted by Crippen LogP contribution is 2.09. The van der Waals surface area contributed by atoms with E-state index in [1.807, 2.05) is 0 Å². The van der Waals surface area contributed by atoms with Crippen LogP contribution in [-0.4, -0.2) is 79.9 Å². The summed E-state index contributed by atoms with van der Waals surface area (Å²) in [5.74, 6) is -5.66. The Morgan fingerprint density at radius 3 is 2.03 bits per heavy atom. The van der Waals surface area contributed by atoms with Gasteiger partial charge in [0.15, 0.2) is 0 Å². The molecular weight excluding hydrogens is 490 g/mol. The SMILES string of the molecule is CC(C)CC(NC(=O)C(CCC(N)=O)NC(=O)C(N)CCC(=O)O)C(=O)NC(Cc1cnc[nH]1)C(=O)O. The van der Waals surface area contributed by atoms with Gasteiger partial charge in [0.25, 0.3) is 0 Å². The van der Waals surface area contributed by atoms with Crippen molar-refractivity contribution in [3.63, 3.8) is 0 Å². The third-order valence-corrected chi connectivity index (χ3v) is 5.25. The number of hydrogen-bond donors (Lipinski definition) is 8. The molecule has 1 aromatic rings. The second kappa shape index (κ2) is 15.2. The van der Waals surface area contributed by atoms with Gasteiger partial charge in [-0.3, -0.25) is 24.0 Å². The Kier molecular flexibility index (Phi) is 12.7. The maximum Gasteiger partial charge on any atom is 0.326 e. The quantitative estimate of drug-likeness (QED) is 0.111. The van der Waals surface area contributed by atoms with Crippen molar-refractivity contribution in [3.05, 3.63) is 18.2 Å². The van der Waals surface area contributed by atoms with Crippen LogP contribution in [0.5, 0.6) is 0 Å². The van der Waals surface area contributed by atoms with Crippen LogP contribution in [0.2, 0.25) is 0 Å². The number of imidazole rings is 1. The van der Waals surface area contributed by atoms with Gasteiger partial charge in [-0.2, -0.15) is 0 Å². The molecule has 206 valence electrons. The molecule has 10 N–H and O–H groups in total. The smallest absolute Gasteiger partial charge is 0.326 e. The number of amides is 4. The minimum Gasteiger partial charge on any atom is -0.481 e. The number of aromatic nitrogens is 2. The lowest BCUT2D eigenvalue weighted by molar-refractivity contribution is -0.142. The van der Waals surface area contributed by atoms with Crippen LogP contribution in [0, 0.1) is 5.92 Å². The third kappa shape index (κ3) is 12.0. The summed E-state index contributed by atoms with van der Waals surface area (Å²) in [7, 11) is 0. The molecule has 0 aliphatic carbocycles. The Balaban J connectivity index is 2.99. The average molecular weight is 526 g/mol. The monoisotopic (exact) mass is 525 g/mol. The van der Waals surface area contributed by atoms with Crippen LogP contribution in [0.1, 0.15) is 51.6 Å². The van der Waals surface area contributed by atoms with Crippen LogP contribution < -0.4 is 27.4 Å². The molecule has 0 radical (unpaired) electrons. The summed E-state index contributed by atoms with van der Waals surface area (Å²) in [4.78, 5) is 78.7. The van der Waals surface area contributed by atoms with Crippen LogP contribution in [-0.2, 0) is 35.2 Å². The summed E-state index contributed by atoms with van der Waals surface area (Å²) >= 11 is 0. The molecule has 37 heavy (non-hydrogen) atoms. The van der Waals surface area contributed by atoms with Gasteiger partial charge in [0.05, 0.1) is 12.4 Å². The highest BCUT2D eigenvalue weighted by molar-refractivity contribution is 5.94. The van der Waals surface area contributed by atoms with Crippen molar-refractivity contribution in [1.82, 2.24) is 25.9 Å². The van der Waals surface area contributed by atoms with Crippen molar-refractivity contribution < 1.29 is 39.0 Å². The van der Waals surface area contributed by atoms with E-state index in [1.54, 1.807) is 13.8 Å². The highest BCUT2D eigenvalue weighted by Gasteiger charge is 2.31. The first-order chi connectivity index (χ1) is 17.3. The van der Waals surface area contributed by atoms with Crippen molar-refractivity contribution >= 4 is 35.6 Å². The average Bonchev–Trinajstić information content (AvgIpc) is 3.31. The van der Waals surface area contributed by atoms with Crippen molar-refractivity contribution in [2.45, 2.75) is 76.5 Å². The number of nitrogens with one attached hydrogen (secondary N) is 4. The summed E-state index contributed by atoms with van der Waals surface area (Å²) in [6.07, 6.45) is 1.83. The fraction of sp³-hybridized carbons (Fsp3) is 0.591. The number of aromatic amines is 1. The van der Waals surface area contributed by atoms with Crippen molar-refractivity contribution in [3.8, 4) is 0 Å². The van der Waals surface area contributed by atoms with Gasteiger partial charge < -0.3 is 42.6 Å². The van der Waals surface area contributed by atoms with Gasteiger partial charge in [-0.1, -0.05) is 13.8 Å². The Labute approximate surface area is 213 Å². The third-order valence-electron chi connectivity index (χ3n) is 5.25. The van der Waals surface area contributed by atoms with E-state index >= 15 is 0 Å². The fourth-order valence-corrected chi connectivity index (χ4v) is 3.31. The molecule has 0 aliphatic rings. The zero-order chi connectivity index (χ0) is 28.1. The van der Waals surface area contributed by atoms with E-state index in [9.17, 15) is 33.9 Å². The van der Waals surface area contributed by atoms with E-state index in [0.29, 0.717) is 5.69 Å². The van der Waals surface area contributed by atoms with Crippen LogP contribution in [0.4, 0.5) is 0 Å². The summed E-state index contributed by atoms with van der Waals surface area (Å²) in [5, 5.41) is 25.6. The lowest BCUT2D eigenvalue weighted by Gasteiger charge is -2.26. The summed E-state index contributed by atoms with van der Waals surface area (Å²) in [6.45, 7) is 3.58. The Hall–Kier alpha value is -4.01. The van der Waals surface area contributed by atoms with E-state index in [-0.39, 0.29) is 44.4 Å². The maximum atomic E-state index is 13.0. The molecule has 15 nitrogen and oxygen atoms in total. The zero-order valence-electron chi connectivity index (χ0n) is 20.7. The van der Waals surface area contributed by atoms with E-state index in [4.69, 9.17) is 16.6 Å². The second-order valence-corrected chi connectivity index (χ2v) is 8.98. The van der Waals surface area contributed by atoms with E-state index in [0.717, 1.165) is 0 Å². The van der Waals surface area contributed by atoms with Crippen molar-refractivity contribution in [2.75, 3.05) is 0 Å². The second-order valence-electron chi connectivity index (χ2n) is 8.98. The first-order valence-corrected chi connectivity index (χ1v) is 11.7. The molecule has 0 saturated heterocycles. The van der Waals surface area contributed by atoms with Crippen molar-refractivity contribution in [2.24, 2.45) is 17.4 Å². The Morgan fingerprint density at radius 1 is 0.919 bits per heavy atom. The van der Waals surface area contributed by atoms with Gasteiger partial charge in [0.1, 0.15) is 18.1 Å². The molecule has 0 fully saturated rings. The number of carbonyl (C=O) groups is 6. The van der Waals surface area contributed by atoms with Crippen LogP contribution in [0.3, 0.4) is 0 Å². The first kappa shape index (κ1) is 31.0. The normalized spacial score (nSPS) is 14.2. The number of carbonyl (C=O) groups excluding carboxylic acids is 4. The van der Waals surface area contributed by atoms with Gasteiger partial charge in [-0.15, -0.1) is 0 Å². The van der Waals surface area contributed by atoms with Crippen LogP contribution in [0.15, 0.2) is 12.5 Å². The van der Waals surface area contributed by atoms with E-state index in [1.165, 1.54) is 12.5 Å². The predicted molar refractivity (Wildman–Crippen MR) is 128 cm³/mol.